The molecule has 0 aromatic carbocycles. The number of nitrogens with one attached hydrogen (secondary N) is 1. The number of aromatic nitrogens is 1. The molecule has 0 bridgehead atoms. The van der Waals surface area contributed by atoms with Gasteiger partial charge in [-0.05, 0) is 50.9 Å². The van der Waals surface area contributed by atoms with Crippen molar-refractivity contribution in [1.29, 1.82) is 0 Å². The minimum absolute atomic E-state index is 0.468. The van der Waals surface area contributed by atoms with Crippen molar-refractivity contribution < 1.29 is 0 Å². The number of nitrogens with zero attached hydrogens (tertiary/aromatic N) is 1. The fraction of sp³-hybridized carbons (Fsp3) is 0.643. The molecule has 2 nitrogen and oxygen atoms in total. The molecule has 0 amide bonds. The van der Waals surface area contributed by atoms with E-state index >= 15 is 0 Å². The minimum atomic E-state index is 0.468. The van der Waals surface area contributed by atoms with E-state index in [2.05, 4.69) is 60.0 Å². The molecule has 0 aliphatic heterocycles. The lowest BCUT2D eigenvalue weighted by molar-refractivity contribution is 0.457. The van der Waals surface area contributed by atoms with Crippen molar-refractivity contribution >= 4 is 15.9 Å². The van der Waals surface area contributed by atoms with Crippen LogP contribution in [0.25, 0.3) is 0 Å². The van der Waals surface area contributed by atoms with Crippen molar-refractivity contribution in [2.45, 2.75) is 34.2 Å². The first-order valence-corrected chi connectivity index (χ1v) is 6.95. The molecule has 0 spiro atoms. The minimum Gasteiger partial charge on any atom is -0.312 e. The fourth-order valence-electron chi connectivity index (χ4n) is 2.76. The Morgan fingerprint density at radius 1 is 1.24 bits per heavy atom. The zero-order chi connectivity index (χ0) is 12.7. The van der Waals surface area contributed by atoms with Gasteiger partial charge in [-0.3, -0.25) is 4.98 Å². The van der Waals surface area contributed by atoms with Gasteiger partial charge in [-0.1, -0.05) is 27.7 Å². The summed E-state index contributed by atoms with van der Waals surface area (Å²) in [5.41, 5.74) is 2.17. The Morgan fingerprint density at radius 2 is 1.88 bits per heavy atom. The summed E-state index contributed by atoms with van der Waals surface area (Å²) in [6, 6.07) is 2.11. The maximum atomic E-state index is 4.17. The predicted octanol–water partition coefficient (Wildman–Crippen LogP) is 3.62. The SMILES string of the molecule is CC1(C)C(CNCc2cncc(Br)c2)C1(C)C. The van der Waals surface area contributed by atoms with Crippen molar-refractivity contribution in [2.24, 2.45) is 16.7 Å². The molecule has 17 heavy (non-hydrogen) atoms. The molecule has 0 radical (unpaired) electrons. The van der Waals surface area contributed by atoms with Crippen molar-refractivity contribution in [3.63, 3.8) is 0 Å². The van der Waals surface area contributed by atoms with E-state index in [9.17, 15) is 0 Å². The molecule has 1 N–H and O–H groups in total. The van der Waals surface area contributed by atoms with E-state index < -0.39 is 0 Å². The fourth-order valence-corrected chi connectivity index (χ4v) is 3.17. The largest absolute Gasteiger partial charge is 0.312 e. The van der Waals surface area contributed by atoms with Crippen LogP contribution in [0.1, 0.15) is 33.3 Å². The Kier molecular flexibility index (Phi) is 3.34. The lowest BCUT2D eigenvalue weighted by Gasteiger charge is -2.06. The van der Waals surface area contributed by atoms with Gasteiger partial charge in [0, 0.05) is 23.4 Å². The molecule has 0 saturated heterocycles. The maximum Gasteiger partial charge on any atom is 0.0410 e. The Morgan fingerprint density at radius 3 is 2.41 bits per heavy atom. The highest BCUT2D eigenvalue weighted by Crippen LogP contribution is 2.67. The highest BCUT2D eigenvalue weighted by molar-refractivity contribution is 9.10. The van der Waals surface area contributed by atoms with Crippen LogP contribution in [0, 0.1) is 16.7 Å². The summed E-state index contributed by atoms with van der Waals surface area (Å²) in [6.45, 7) is 11.4. The van der Waals surface area contributed by atoms with E-state index in [1.165, 1.54) is 5.56 Å². The predicted molar refractivity (Wildman–Crippen MR) is 74.7 cm³/mol. The zero-order valence-corrected chi connectivity index (χ0v) is 12.6. The molecule has 1 fully saturated rings. The summed E-state index contributed by atoms with van der Waals surface area (Å²) in [7, 11) is 0. The molecule has 2 rings (SSSR count). The number of rotatable bonds is 4. The second-order valence-corrected chi connectivity index (χ2v) is 7.05. The van der Waals surface area contributed by atoms with Crippen molar-refractivity contribution in [1.82, 2.24) is 10.3 Å². The first-order valence-electron chi connectivity index (χ1n) is 6.16. The quantitative estimate of drug-likeness (QED) is 0.918. The molecule has 1 saturated carbocycles. The van der Waals surface area contributed by atoms with Gasteiger partial charge in [0.25, 0.3) is 0 Å². The van der Waals surface area contributed by atoms with Gasteiger partial charge < -0.3 is 5.32 Å². The Balaban J connectivity index is 1.82. The average Bonchev–Trinajstić information content (AvgIpc) is 2.60. The molecule has 1 aliphatic rings. The number of pyridine rings is 1. The summed E-state index contributed by atoms with van der Waals surface area (Å²) in [5, 5.41) is 3.54. The van der Waals surface area contributed by atoms with Gasteiger partial charge in [-0.25, -0.2) is 0 Å². The van der Waals surface area contributed by atoms with Crippen LogP contribution in [0.2, 0.25) is 0 Å². The first kappa shape index (κ1) is 13.0. The van der Waals surface area contributed by atoms with Gasteiger partial charge in [0.05, 0.1) is 0 Å². The molecule has 1 aromatic heterocycles. The molecule has 1 aliphatic carbocycles. The van der Waals surface area contributed by atoms with Crippen LogP contribution in [-0.2, 0) is 6.54 Å². The lowest BCUT2D eigenvalue weighted by atomic mass is 10.0. The van der Waals surface area contributed by atoms with Crippen molar-refractivity contribution in [2.75, 3.05) is 6.54 Å². The van der Waals surface area contributed by atoms with E-state index in [0.29, 0.717) is 10.8 Å². The van der Waals surface area contributed by atoms with E-state index in [1.807, 2.05) is 12.4 Å². The zero-order valence-electron chi connectivity index (χ0n) is 11.0. The second-order valence-electron chi connectivity index (χ2n) is 6.14. The lowest BCUT2D eigenvalue weighted by Crippen LogP contribution is -2.18. The molecule has 1 aromatic rings. The molecule has 94 valence electrons. The van der Waals surface area contributed by atoms with Crippen LogP contribution in [-0.4, -0.2) is 11.5 Å². The van der Waals surface area contributed by atoms with Gasteiger partial charge in [0.1, 0.15) is 0 Å². The van der Waals surface area contributed by atoms with E-state index in [4.69, 9.17) is 0 Å². The van der Waals surface area contributed by atoms with Crippen molar-refractivity contribution in [3.8, 4) is 0 Å². The van der Waals surface area contributed by atoms with E-state index in [-0.39, 0.29) is 0 Å². The molecular weight excluding hydrogens is 276 g/mol. The summed E-state index contributed by atoms with van der Waals surface area (Å²) >= 11 is 3.44. The normalized spacial score (nSPS) is 21.5. The Bertz CT molecular complexity index is 398. The molecule has 0 atom stereocenters. The first-order chi connectivity index (χ1) is 7.85. The smallest absolute Gasteiger partial charge is 0.0410 e. The maximum absolute atomic E-state index is 4.17. The van der Waals surface area contributed by atoms with Gasteiger partial charge in [-0.2, -0.15) is 0 Å². The number of hydrogen-bond donors (Lipinski definition) is 1. The topological polar surface area (TPSA) is 24.9 Å². The Labute approximate surface area is 112 Å². The standard InChI is InChI=1S/C14H21BrN2/c1-13(2)12(14(13,3)4)9-17-7-10-5-11(15)8-16-6-10/h5-6,8,12,17H,7,9H2,1-4H3. The third kappa shape index (κ3) is 2.41. The van der Waals surface area contributed by atoms with Crippen LogP contribution in [0.15, 0.2) is 22.9 Å². The second kappa shape index (κ2) is 4.36. The van der Waals surface area contributed by atoms with Crippen LogP contribution in [0.4, 0.5) is 0 Å². The molecular formula is C14H21BrN2. The van der Waals surface area contributed by atoms with Gasteiger partial charge in [0.15, 0.2) is 0 Å². The van der Waals surface area contributed by atoms with Crippen LogP contribution in [0.5, 0.6) is 0 Å². The summed E-state index contributed by atoms with van der Waals surface area (Å²) in [5.74, 6) is 0.773. The van der Waals surface area contributed by atoms with Crippen molar-refractivity contribution in [3.05, 3.63) is 28.5 Å². The summed E-state index contributed by atoms with van der Waals surface area (Å²) < 4.78 is 1.05. The summed E-state index contributed by atoms with van der Waals surface area (Å²) in [6.07, 6.45) is 3.73. The van der Waals surface area contributed by atoms with Gasteiger partial charge >= 0.3 is 0 Å². The van der Waals surface area contributed by atoms with Gasteiger partial charge in [-0.15, -0.1) is 0 Å². The monoisotopic (exact) mass is 296 g/mol. The molecule has 0 unspecified atom stereocenters. The Hall–Kier alpha value is -0.410. The number of halogens is 1. The third-order valence-electron chi connectivity index (χ3n) is 4.76. The molecule has 3 heteroatoms. The van der Waals surface area contributed by atoms with E-state index in [0.717, 1.165) is 23.5 Å². The van der Waals surface area contributed by atoms with Crippen LogP contribution in [0.3, 0.4) is 0 Å². The van der Waals surface area contributed by atoms with Crippen LogP contribution < -0.4 is 5.32 Å². The van der Waals surface area contributed by atoms with Crippen LogP contribution >= 0.6 is 15.9 Å². The third-order valence-corrected chi connectivity index (χ3v) is 5.19. The van der Waals surface area contributed by atoms with Gasteiger partial charge in [0.2, 0.25) is 0 Å². The number of hydrogen-bond acceptors (Lipinski definition) is 2. The average molecular weight is 297 g/mol. The summed E-state index contributed by atoms with van der Waals surface area (Å²) in [4.78, 5) is 4.17. The molecule has 1 heterocycles. The van der Waals surface area contributed by atoms with E-state index in [1.54, 1.807) is 0 Å². The highest BCUT2D eigenvalue weighted by atomic mass is 79.9. The highest BCUT2D eigenvalue weighted by Gasteiger charge is 2.63.